The molecular weight excluding hydrogens is 330 g/mol. The number of carbonyl (C=O) groups excluding carboxylic acids is 1. The Morgan fingerprint density at radius 3 is 1.96 bits per heavy atom. The van der Waals surface area contributed by atoms with E-state index in [1.54, 1.807) is 0 Å². The first-order valence-corrected chi connectivity index (χ1v) is 9.82. The summed E-state index contributed by atoms with van der Waals surface area (Å²) in [7, 11) is 0. The Hall–Kier alpha value is -2.87. The van der Waals surface area contributed by atoms with Gasteiger partial charge >= 0.3 is 0 Å². The molecule has 0 heterocycles. The van der Waals surface area contributed by atoms with Crippen molar-refractivity contribution < 1.29 is 4.79 Å². The molecule has 0 fully saturated rings. The van der Waals surface area contributed by atoms with Crippen LogP contribution in [0.25, 0.3) is 0 Å². The standard InChI is InChI=1S/C25H23NO/c27-25(26-15-14-17-8-2-1-3-9-17)23-16-22-18-10-4-6-12-20(18)24(23)21-13-7-5-11-19(21)22/h1-13,22-24H,14-16H2,(H,26,27)/t22?,23-,24?/m1/s1. The van der Waals surface area contributed by atoms with E-state index in [2.05, 4.69) is 66.0 Å². The van der Waals surface area contributed by atoms with Gasteiger partial charge in [0.25, 0.3) is 0 Å². The minimum absolute atomic E-state index is 0.0237. The van der Waals surface area contributed by atoms with Crippen molar-refractivity contribution in [2.45, 2.75) is 24.7 Å². The smallest absolute Gasteiger partial charge is 0.224 e. The zero-order valence-corrected chi connectivity index (χ0v) is 15.3. The second-order valence-corrected chi connectivity index (χ2v) is 7.66. The van der Waals surface area contributed by atoms with Crippen LogP contribution in [0.3, 0.4) is 0 Å². The van der Waals surface area contributed by atoms with Crippen LogP contribution >= 0.6 is 0 Å². The summed E-state index contributed by atoms with van der Waals surface area (Å²) in [5.74, 6) is 0.743. The monoisotopic (exact) mass is 353 g/mol. The maximum atomic E-state index is 13.1. The van der Waals surface area contributed by atoms with Crippen molar-refractivity contribution in [2.24, 2.45) is 5.92 Å². The molecule has 134 valence electrons. The minimum Gasteiger partial charge on any atom is -0.356 e. The highest BCUT2D eigenvalue weighted by atomic mass is 16.1. The molecule has 3 aliphatic carbocycles. The lowest BCUT2D eigenvalue weighted by Crippen LogP contribution is -2.42. The molecule has 1 N–H and O–H groups in total. The molecule has 1 atom stereocenters. The van der Waals surface area contributed by atoms with Crippen LogP contribution in [0.2, 0.25) is 0 Å². The number of carbonyl (C=O) groups is 1. The summed E-state index contributed by atoms with van der Waals surface area (Å²) in [4.78, 5) is 13.1. The minimum atomic E-state index is 0.0237. The lowest BCUT2D eigenvalue weighted by atomic mass is 9.59. The molecule has 0 saturated carbocycles. The van der Waals surface area contributed by atoms with Crippen molar-refractivity contribution in [3.05, 3.63) is 107 Å². The fraction of sp³-hybridized carbons (Fsp3) is 0.240. The molecule has 0 radical (unpaired) electrons. The molecule has 0 saturated heterocycles. The molecule has 2 bridgehead atoms. The topological polar surface area (TPSA) is 29.1 Å². The van der Waals surface area contributed by atoms with Crippen LogP contribution in [0.4, 0.5) is 0 Å². The van der Waals surface area contributed by atoms with Gasteiger partial charge in [-0.15, -0.1) is 0 Å². The Labute approximate surface area is 160 Å². The first kappa shape index (κ1) is 16.3. The van der Waals surface area contributed by atoms with Crippen molar-refractivity contribution in [1.82, 2.24) is 5.32 Å². The summed E-state index contributed by atoms with van der Waals surface area (Å²) >= 11 is 0. The molecule has 27 heavy (non-hydrogen) atoms. The Morgan fingerprint density at radius 2 is 1.33 bits per heavy atom. The molecule has 0 spiro atoms. The molecule has 1 amide bonds. The third-order valence-corrected chi connectivity index (χ3v) is 6.20. The molecule has 3 aromatic carbocycles. The van der Waals surface area contributed by atoms with Crippen LogP contribution in [-0.2, 0) is 11.2 Å². The summed E-state index contributed by atoms with van der Waals surface area (Å²) in [6.07, 6.45) is 1.79. The Balaban J connectivity index is 1.39. The van der Waals surface area contributed by atoms with E-state index in [0.29, 0.717) is 12.5 Å². The maximum Gasteiger partial charge on any atom is 0.224 e. The molecular formula is C25H23NO. The second-order valence-electron chi connectivity index (χ2n) is 7.66. The van der Waals surface area contributed by atoms with Crippen LogP contribution in [0, 0.1) is 5.92 Å². The van der Waals surface area contributed by atoms with Gasteiger partial charge < -0.3 is 5.32 Å². The predicted molar refractivity (Wildman–Crippen MR) is 108 cm³/mol. The number of fused-ring (bicyclic) bond motifs is 1. The van der Waals surface area contributed by atoms with Crippen molar-refractivity contribution in [2.75, 3.05) is 6.54 Å². The van der Waals surface area contributed by atoms with Gasteiger partial charge in [-0.3, -0.25) is 4.79 Å². The number of hydrogen-bond acceptors (Lipinski definition) is 1. The number of rotatable bonds is 4. The molecule has 0 aromatic heterocycles. The van der Waals surface area contributed by atoms with Crippen LogP contribution < -0.4 is 5.32 Å². The Morgan fingerprint density at radius 1 is 0.778 bits per heavy atom. The van der Waals surface area contributed by atoms with E-state index in [1.165, 1.54) is 27.8 Å². The fourth-order valence-corrected chi connectivity index (χ4v) is 5.00. The Bertz CT molecular complexity index is 931. The van der Waals surface area contributed by atoms with E-state index in [0.717, 1.165) is 12.8 Å². The van der Waals surface area contributed by atoms with E-state index >= 15 is 0 Å². The van der Waals surface area contributed by atoms with Gasteiger partial charge in [0.05, 0.1) is 0 Å². The van der Waals surface area contributed by atoms with E-state index < -0.39 is 0 Å². The lowest BCUT2D eigenvalue weighted by Gasteiger charge is -2.44. The lowest BCUT2D eigenvalue weighted by molar-refractivity contribution is -0.126. The zero-order valence-electron chi connectivity index (χ0n) is 15.3. The van der Waals surface area contributed by atoms with Gasteiger partial charge in [0.1, 0.15) is 0 Å². The van der Waals surface area contributed by atoms with Crippen molar-refractivity contribution in [3.8, 4) is 0 Å². The van der Waals surface area contributed by atoms with E-state index in [4.69, 9.17) is 0 Å². The molecule has 0 unspecified atom stereocenters. The average molecular weight is 353 g/mol. The maximum absolute atomic E-state index is 13.1. The van der Waals surface area contributed by atoms with E-state index in [9.17, 15) is 4.79 Å². The first-order valence-electron chi connectivity index (χ1n) is 9.82. The SMILES string of the molecule is O=C(NCCc1ccccc1)[C@@H]1CC2c3ccccc3C1c1ccccc12. The van der Waals surface area contributed by atoms with Gasteiger partial charge in [0.2, 0.25) is 5.91 Å². The summed E-state index contributed by atoms with van der Waals surface area (Å²) in [6.45, 7) is 0.694. The fourth-order valence-electron chi connectivity index (χ4n) is 5.00. The normalized spacial score (nSPS) is 22.0. The van der Waals surface area contributed by atoms with Crippen LogP contribution in [0.5, 0.6) is 0 Å². The number of hydrogen-bond donors (Lipinski definition) is 1. The molecule has 0 aliphatic heterocycles. The molecule has 3 aromatic rings. The highest BCUT2D eigenvalue weighted by Gasteiger charge is 2.45. The van der Waals surface area contributed by atoms with Gasteiger partial charge in [0.15, 0.2) is 0 Å². The summed E-state index contributed by atoms with van der Waals surface area (Å²) < 4.78 is 0. The summed E-state index contributed by atoms with van der Waals surface area (Å²) in [5, 5.41) is 3.21. The van der Waals surface area contributed by atoms with E-state index in [1.807, 2.05) is 18.2 Å². The van der Waals surface area contributed by atoms with Gasteiger partial charge in [-0.2, -0.15) is 0 Å². The predicted octanol–water partition coefficient (Wildman–Crippen LogP) is 4.64. The highest BCUT2D eigenvalue weighted by Crippen LogP contribution is 2.55. The van der Waals surface area contributed by atoms with Crippen LogP contribution in [0.15, 0.2) is 78.9 Å². The molecule has 2 heteroatoms. The van der Waals surface area contributed by atoms with Crippen molar-refractivity contribution in [3.63, 3.8) is 0 Å². The summed E-state index contributed by atoms with van der Waals surface area (Å²) in [6, 6.07) is 27.7. The second kappa shape index (κ2) is 6.70. The number of amides is 1. The molecule has 6 rings (SSSR count). The average Bonchev–Trinajstić information content (AvgIpc) is 2.74. The van der Waals surface area contributed by atoms with Crippen LogP contribution in [0.1, 0.15) is 46.1 Å². The summed E-state index contributed by atoms with van der Waals surface area (Å²) in [5.41, 5.74) is 6.77. The number of nitrogens with one attached hydrogen (secondary N) is 1. The van der Waals surface area contributed by atoms with Crippen molar-refractivity contribution >= 4 is 5.91 Å². The van der Waals surface area contributed by atoms with E-state index in [-0.39, 0.29) is 17.7 Å². The third kappa shape index (κ3) is 2.76. The molecule has 2 nitrogen and oxygen atoms in total. The van der Waals surface area contributed by atoms with Gasteiger partial charge in [-0.25, -0.2) is 0 Å². The first-order chi connectivity index (χ1) is 13.3. The largest absolute Gasteiger partial charge is 0.356 e. The Kier molecular flexibility index (Phi) is 4.05. The zero-order chi connectivity index (χ0) is 18.2. The van der Waals surface area contributed by atoms with Crippen molar-refractivity contribution in [1.29, 1.82) is 0 Å². The quantitative estimate of drug-likeness (QED) is 0.727. The molecule has 3 aliphatic rings. The van der Waals surface area contributed by atoms with Gasteiger partial charge in [-0.1, -0.05) is 78.9 Å². The van der Waals surface area contributed by atoms with Crippen LogP contribution in [-0.4, -0.2) is 12.5 Å². The van der Waals surface area contributed by atoms with Gasteiger partial charge in [0, 0.05) is 24.3 Å². The highest BCUT2D eigenvalue weighted by molar-refractivity contribution is 5.82. The third-order valence-electron chi connectivity index (χ3n) is 6.20. The number of benzene rings is 3. The van der Waals surface area contributed by atoms with Gasteiger partial charge in [-0.05, 0) is 40.7 Å².